The predicted molar refractivity (Wildman–Crippen MR) is 100 cm³/mol. The Balaban J connectivity index is 1.81. The number of aromatic amines is 1. The Hall–Kier alpha value is -2.21. The fourth-order valence-corrected chi connectivity index (χ4v) is 3.04. The van der Waals surface area contributed by atoms with E-state index >= 15 is 0 Å². The SMILES string of the molecule is CCCCOc1ccc(-c2cc3[nH]c(C(=O)OCC)c(Br)c3o2)cc1. The Labute approximate surface area is 154 Å². The Bertz CT molecular complexity index is 864. The number of aromatic nitrogens is 1. The highest BCUT2D eigenvalue weighted by Gasteiger charge is 2.21. The molecular formula is C19H20BrNO4. The van der Waals surface area contributed by atoms with Gasteiger partial charge in [0.15, 0.2) is 5.58 Å². The van der Waals surface area contributed by atoms with E-state index in [-0.39, 0.29) is 0 Å². The summed E-state index contributed by atoms with van der Waals surface area (Å²) in [7, 11) is 0. The van der Waals surface area contributed by atoms with Gasteiger partial charge in [0.1, 0.15) is 17.2 Å². The van der Waals surface area contributed by atoms with Crippen LogP contribution >= 0.6 is 15.9 Å². The first kappa shape index (κ1) is 17.6. The zero-order chi connectivity index (χ0) is 17.8. The van der Waals surface area contributed by atoms with Crippen LogP contribution in [0.3, 0.4) is 0 Å². The molecular weight excluding hydrogens is 386 g/mol. The van der Waals surface area contributed by atoms with Gasteiger partial charge in [0, 0.05) is 11.6 Å². The van der Waals surface area contributed by atoms with E-state index in [2.05, 4.69) is 27.8 Å². The van der Waals surface area contributed by atoms with Crippen LogP contribution in [0.25, 0.3) is 22.4 Å². The number of carbonyl (C=O) groups is 1. The number of hydrogen-bond donors (Lipinski definition) is 1. The molecule has 0 aliphatic heterocycles. The Kier molecular flexibility index (Phi) is 5.48. The molecule has 2 aromatic heterocycles. The first-order valence-electron chi connectivity index (χ1n) is 8.35. The maximum absolute atomic E-state index is 11.9. The fraction of sp³-hybridized carbons (Fsp3) is 0.316. The van der Waals surface area contributed by atoms with Crippen molar-refractivity contribution in [2.24, 2.45) is 0 Å². The van der Waals surface area contributed by atoms with E-state index in [0.717, 1.165) is 42.0 Å². The summed E-state index contributed by atoms with van der Waals surface area (Å²) in [5, 5.41) is 0. The first-order chi connectivity index (χ1) is 12.1. The van der Waals surface area contributed by atoms with E-state index < -0.39 is 5.97 Å². The first-order valence-corrected chi connectivity index (χ1v) is 9.14. The smallest absolute Gasteiger partial charge is 0.356 e. The Morgan fingerprint density at radius 3 is 2.64 bits per heavy atom. The summed E-state index contributed by atoms with van der Waals surface area (Å²) in [6.07, 6.45) is 2.15. The number of carbonyl (C=O) groups excluding carboxylic acids is 1. The molecule has 1 N–H and O–H groups in total. The van der Waals surface area contributed by atoms with E-state index in [1.807, 2.05) is 30.3 Å². The normalized spacial score (nSPS) is 11.0. The van der Waals surface area contributed by atoms with E-state index in [4.69, 9.17) is 13.9 Å². The molecule has 0 aliphatic carbocycles. The second-order valence-electron chi connectivity index (χ2n) is 5.61. The molecule has 0 spiro atoms. The topological polar surface area (TPSA) is 64.5 Å². The number of rotatable bonds is 7. The number of fused-ring (bicyclic) bond motifs is 1. The zero-order valence-electron chi connectivity index (χ0n) is 14.2. The van der Waals surface area contributed by atoms with Crippen molar-refractivity contribution in [2.75, 3.05) is 13.2 Å². The molecule has 1 aromatic carbocycles. The summed E-state index contributed by atoms with van der Waals surface area (Å²) in [4.78, 5) is 14.9. The number of ether oxygens (including phenoxy) is 2. The van der Waals surface area contributed by atoms with Crippen LogP contribution in [0, 0.1) is 0 Å². The van der Waals surface area contributed by atoms with Crippen LogP contribution in [0.15, 0.2) is 39.2 Å². The standard InChI is InChI=1S/C19H20BrNO4/c1-3-5-10-24-13-8-6-12(7-9-13)15-11-14-18(25-15)16(20)17(21-14)19(22)23-4-2/h6-9,11,21H,3-5,10H2,1-2H3. The van der Waals surface area contributed by atoms with Gasteiger partial charge in [-0.25, -0.2) is 4.79 Å². The number of nitrogens with one attached hydrogen (secondary N) is 1. The van der Waals surface area contributed by atoms with Crippen molar-refractivity contribution in [1.82, 2.24) is 4.98 Å². The van der Waals surface area contributed by atoms with Gasteiger partial charge in [-0.05, 0) is 53.5 Å². The lowest BCUT2D eigenvalue weighted by molar-refractivity contribution is 0.0519. The van der Waals surface area contributed by atoms with Crippen LogP contribution in [-0.2, 0) is 4.74 Å². The molecule has 0 atom stereocenters. The lowest BCUT2D eigenvalue weighted by atomic mass is 10.1. The maximum Gasteiger partial charge on any atom is 0.356 e. The summed E-state index contributed by atoms with van der Waals surface area (Å²) >= 11 is 3.41. The molecule has 0 fully saturated rings. The minimum absolute atomic E-state index is 0.323. The summed E-state index contributed by atoms with van der Waals surface area (Å²) in [6.45, 7) is 4.95. The summed E-state index contributed by atoms with van der Waals surface area (Å²) in [5.41, 5.74) is 2.65. The molecule has 0 saturated carbocycles. The minimum Gasteiger partial charge on any atom is -0.494 e. The molecule has 0 bridgehead atoms. The third-order valence-corrected chi connectivity index (χ3v) is 4.55. The second-order valence-corrected chi connectivity index (χ2v) is 6.41. The average molecular weight is 406 g/mol. The number of benzene rings is 1. The zero-order valence-corrected chi connectivity index (χ0v) is 15.8. The molecule has 0 saturated heterocycles. The average Bonchev–Trinajstić information content (AvgIpc) is 3.16. The molecule has 6 heteroatoms. The van der Waals surface area contributed by atoms with Gasteiger partial charge >= 0.3 is 5.97 Å². The Morgan fingerprint density at radius 1 is 1.24 bits per heavy atom. The maximum atomic E-state index is 11.9. The van der Waals surface area contributed by atoms with Crippen LogP contribution in [0.2, 0.25) is 0 Å². The van der Waals surface area contributed by atoms with E-state index in [9.17, 15) is 4.79 Å². The summed E-state index contributed by atoms with van der Waals surface area (Å²) < 4.78 is 17.2. The highest BCUT2D eigenvalue weighted by atomic mass is 79.9. The van der Waals surface area contributed by atoms with Crippen molar-refractivity contribution in [3.63, 3.8) is 0 Å². The number of hydrogen-bond acceptors (Lipinski definition) is 4. The van der Waals surface area contributed by atoms with Crippen molar-refractivity contribution < 1.29 is 18.7 Å². The van der Waals surface area contributed by atoms with Crippen LogP contribution < -0.4 is 4.74 Å². The summed E-state index contributed by atoms with van der Waals surface area (Å²) in [6, 6.07) is 9.65. The number of H-pyrrole nitrogens is 1. The van der Waals surface area contributed by atoms with Gasteiger partial charge < -0.3 is 18.9 Å². The molecule has 0 amide bonds. The molecule has 0 unspecified atom stereocenters. The van der Waals surface area contributed by atoms with Gasteiger partial charge in [-0.3, -0.25) is 0 Å². The molecule has 25 heavy (non-hydrogen) atoms. The molecule has 5 nitrogen and oxygen atoms in total. The van der Waals surface area contributed by atoms with Gasteiger partial charge in [-0.2, -0.15) is 0 Å². The van der Waals surface area contributed by atoms with Crippen LogP contribution in [0.4, 0.5) is 0 Å². The van der Waals surface area contributed by atoms with Gasteiger partial charge in [-0.15, -0.1) is 0 Å². The summed E-state index contributed by atoms with van der Waals surface area (Å²) in [5.74, 6) is 1.16. The minimum atomic E-state index is -0.407. The second kappa shape index (κ2) is 7.78. The monoisotopic (exact) mass is 405 g/mol. The highest BCUT2D eigenvalue weighted by Crippen LogP contribution is 2.35. The number of unbranched alkanes of at least 4 members (excludes halogenated alkanes) is 1. The van der Waals surface area contributed by atoms with Gasteiger partial charge in [0.05, 0.1) is 23.2 Å². The van der Waals surface area contributed by atoms with Gasteiger partial charge in [0.25, 0.3) is 0 Å². The van der Waals surface area contributed by atoms with E-state index in [0.29, 0.717) is 22.4 Å². The van der Waals surface area contributed by atoms with Gasteiger partial charge in [0.2, 0.25) is 0 Å². The third-order valence-electron chi connectivity index (χ3n) is 3.80. The van der Waals surface area contributed by atoms with Crippen molar-refractivity contribution >= 4 is 33.0 Å². The third kappa shape index (κ3) is 3.74. The number of furan rings is 1. The lowest BCUT2D eigenvalue weighted by Crippen LogP contribution is -2.05. The lowest BCUT2D eigenvalue weighted by Gasteiger charge is -2.05. The van der Waals surface area contributed by atoms with Crippen LogP contribution in [0.5, 0.6) is 5.75 Å². The molecule has 132 valence electrons. The molecule has 0 aliphatic rings. The van der Waals surface area contributed by atoms with Crippen molar-refractivity contribution in [2.45, 2.75) is 26.7 Å². The van der Waals surface area contributed by atoms with Crippen LogP contribution in [-0.4, -0.2) is 24.2 Å². The number of halogens is 1. The van der Waals surface area contributed by atoms with Crippen molar-refractivity contribution in [1.29, 1.82) is 0 Å². The van der Waals surface area contributed by atoms with E-state index in [1.54, 1.807) is 6.92 Å². The Morgan fingerprint density at radius 2 is 2.00 bits per heavy atom. The number of esters is 1. The highest BCUT2D eigenvalue weighted by molar-refractivity contribution is 9.10. The largest absolute Gasteiger partial charge is 0.494 e. The quantitative estimate of drug-likeness (QED) is 0.413. The van der Waals surface area contributed by atoms with Crippen molar-refractivity contribution in [3.05, 3.63) is 40.5 Å². The molecule has 3 rings (SSSR count). The van der Waals surface area contributed by atoms with E-state index in [1.165, 1.54) is 0 Å². The van der Waals surface area contributed by atoms with Crippen LogP contribution in [0.1, 0.15) is 37.2 Å². The molecule has 2 heterocycles. The molecule has 3 aromatic rings. The van der Waals surface area contributed by atoms with Gasteiger partial charge in [-0.1, -0.05) is 13.3 Å². The predicted octanol–water partition coefficient (Wildman–Crippen LogP) is 5.55. The fourth-order valence-electron chi connectivity index (χ4n) is 2.49. The molecule has 0 radical (unpaired) electrons. The van der Waals surface area contributed by atoms with Crippen molar-refractivity contribution in [3.8, 4) is 17.1 Å².